The van der Waals surface area contributed by atoms with Gasteiger partial charge in [0.25, 0.3) is 5.91 Å². The highest BCUT2D eigenvalue weighted by atomic mass is 16.1. The zero-order chi connectivity index (χ0) is 13.4. The van der Waals surface area contributed by atoms with Crippen molar-refractivity contribution in [3.05, 3.63) is 54.1 Å². The zero-order valence-electron chi connectivity index (χ0n) is 10.4. The molecule has 0 saturated heterocycles. The molecule has 0 atom stereocenters. The van der Waals surface area contributed by atoms with Gasteiger partial charge in [-0.15, -0.1) is 0 Å². The van der Waals surface area contributed by atoms with Crippen LogP contribution in [0.1, 0.15) is 16.2 Å². The fourth-order valence-electron chi connectivity index (χ4n) is 2.04. The molecule has 0 unspecified atom stereocenters. The molecule has 0 radical (unpaired) electrons. The van der Waals surface area contributed by atoms with Gasteiger partial charge in [0, 0.05) is 23.7 Å². The van der Waals surface area contributed by atoms with Crippen LogP contribution in [0.5, 0.6) is 0 Å². The molecule has 0 saturated carbocycles. The number of hydrogen-bond acceptors (Lipinski definition) is 3. The summed E-state index contributed by atoms with van der Waals surface area (Å²) in [6.45, 7) is 1.91. The Bertz CT molecular complexity index is 759. The number of fused-ring (bicyclic) bond motifs is 1. The molecular weight excluding hydrogens is 240 g/mol. The Hall–Kier alpha value is -2.69. The van der Waals surface area contributed by atoms with Crippen molar-refractivity contribution in [1.82, 2.24) is 14.4 Å². The molecule has 5 heteroatoms. The van der Waals surface area contributed by atoms with Crippen molar-refractivity contribution in [2.45, 2.75) is 6.92 Å². The molecule has 0 fully saturated rings. The lowest BCUT2D eigenvalue weighted by molar-refractivity contribution is 0.0995. The van der Waals surface area contributed by atoms with Crippen LogP contribution in [-0.2, 0) is 0 Å². The van der Waals surface area contributed by atoms with Gasteiger partial charge < -0.3 is 5.73 Å². The molecule has 0 aliphatic carbocycles. The van der Waals surface area contributed by atoms with E-state index in [1.54, 1.807) is 16.8 Å². The smallest absolute Gasteiger partial charge is 0.268 e. The number of nitrogens with two attached hydrogens (primary N) is 1. The third kappa shape index (κ3) is 1.85. The largest absolute Gasteiger partial charge is 0.364 e. The van der Waals surface area contributed by atoms with E-state index in [0.717, 1.165) is 11.3 Å². The third-order valence-electron chi connectivity index (χ3n) is 2.95. The molecule has 0 aromatic carbocycles. The van der Waals surface area contributed by atoms with E-state index in [1.165, 1.54) is 0 Å². The quantitative estimate of drug-likeness (QED) is 0.755. The summed E-state index contributed by atoms with van der Waals surface area (Å²) >= 11 is 0. The summed E-state index contributed by atoms with van der Waals surface area (Å²) in [5, 5.41) is 0. The van der Waals surface area contributed by atoms with Crippen LogP contribution in [0.4, 0.5) is 0 Å². The van der Waals surface area contributed by atoms with Crippen molar-refractivity contribution in [1.29, 1.82) is 0 Å². The minimum atomic E-state index is -0.505. The molecule has 0 aliphatic heterocycles. The van der Waals surface area contributed by atoms with Gasteiger partial charge in [0.2, 0.25) is 0 Å². The van der Waals surface area contributed by atoms with Gasteiger partial charge in [-0.1, -0.05) is 6.07 Å². The zero-order valence-corrected chi connectivity index (χ0v) is 10.4. The van der Waals surface area contributed by atoms with Gasteiger partial charge in [-0.25, -0.2) is 4.98 Å². The maximum Gasteiger partial charge on any atom is 0.268 e. The minimum absolute atomic E-state index is 0.376. The second-order valence-electron chi connectivity index (χ2n) is 4.29. The first-order valence-corrected chi connectivity index (χ1v) is 5.87. The Balaban J connectivity index is 2.31. The number of aromatic nitrogens is 3. The third-order valence-corrected chi connectivity index (χ3v) is 2.95. The second-order valence-corrected chi connectivity index (χ2v) is 4.29. The van der Waals surface area contributed by atoms with E-state index in [2.05, 4.69) is 9.97 Å². The molecule has 3 aromatic rings. The number of rotatable bonds is 2. The summed E-state index contributed by atoms with van der Waals surface area (Å²) in [7, 11) is 0. The highest BCUT2D eigenvalue weighted by Crippen LogP contribution is 2.23. The molecule has 94 valence electrons. The predicted molar refractivity (Wildman–Crippen MR) is 71.7 cm³/mol. The number of primary amides is 1. The molecule has 3 aromatic heterocycles. The van der Waals surface area contributed by atoms with Crippen LogP contribution in [0.15, 0.2) is 42.7 Å². The van der Waals surface area contributed by atoms with E-state index >= 15 is 0 Å². The maximum atomic E-state index is 11.7. The Morgan fingerprint density at radius 3 is 2.79 bits per heavy atom. The summed E-state index contributed by atoms with van der Waals surface area (Å²) in [6, 6.07) is 9.29. The lowest BCUT2D eigenvalue weighted by Crippen LogP contribution is -2.14. The van der Waals surface area contributed by atoms with Gasteiger partial charge in [-0.05, 0) is 31.2 Å². The molecule has 3 heterocycles. The minimum Gasteiger partial charge on any atom is -0.364 e. The number of carbonyl (C=O) groups excluding carboxylic acids is 1. The highest BCUT2D eigenvalue weighted by Gasteiger charge is 2.18. The van der Waals surface area contributed by atoms with Gasteiger partial charge in [0.05, 0.1) is 0 Å². The molecule has 5 nitrogen and oxygen atoms in total. The number of imidazole rings is 1. The molecule has 3 rings (SSSR count). The molecule has 2 N–H and O–H groups in total. The van der Waals surface area contributed by atoms with Crippen molar-refractivity contribution in [3.63, 3.8) is 0 Å². The van der Waals surface area contributed by atoms with E-state index < -0.39 is 5.91 Å². The fraction of sp³-hybridized carbons (Fsp3) is 0.0714. The van der Waals surface area contributed by atoms with Crippen molar-refractivity contribution >= 4 is 11.6 Å². The van der Waals surface area contributed by atoms with E-state index in [0.29, 0.717) is 17.0 Å². The summed E-state index contributed by atoms with van der Waals surface area (Å²) in [5.74, 6) is -0.505. The lowest BCUT2D eigenvalue weighted by Gasteiger charge is -2.01. The Labute approximate surface area is 109 Å². The maximum absolute atomic E-state index is 11.7. The molecule has 19 heavy (non-hydrogen) atoms. The average Bonchev–Trinajstić information content (AvgIpc) is 2.78. The average molecular weight is 252 g/mol. The van der Waals surface area contributed by atoms with Crippen LogP contribution < -0.4 is 5.73 Å². The van der Waals surface area contributed by atoms with E-state index in [-0.39, 0.29) is 0 Å². The van der Waals surface area contributed by atoms with Crippen molar-refractivity contribution in [3.8, 4) is 11.3 Å². The Morgan fingerprint density at radius 2 is 2.11 bits per heavy atom. The summed E-state index contributed by atoms with van der Waals surface area (Å²) in [5.41, 5.74) is 8.79. The first-order chi connectivity index (χ1) is 9.16. The first-order valence-electron chi connectivity index (χ1n) is 5.87. The summed E-state index contributed by atoms with van der Waals surface area (Å²) < 4.78 is 1.69. The van der Waals surface area contributed by atoms with E-state index in [1.807, 2.05) is 37.3 Å². The molecule has 1 amide bonds. The van der Waals surface area contributed by atoms with Gasteiger partial charge >= 0.3 is 0 Å². The molecule has 0 spiro atoms. The number of carbonyl (C=O) groups is 1. The lowest BCUT2D eigenvalue weighted by atomic mass is 10.1. The number of amides is 1. The second kappa shape index (κ2) is 4.20. The molecule has 0 bridgehead atoms. The topological polar surface area (TPSA) is 73.3 Å². The normalized spacial score (nSPS) is 10.8. The summed E-state index contributed by atoms with van der Waals surface area (Å²) in [4.78, 5) is 20.4. The summed E-state index contributed by atoms with van der Waals surface area (Å²) in [6.07, 6.45) is 3.47. The van der Waals surface area contributed by atoms with Gasteiger partial charge in [-0.2, -0.15) is 0 Å². The van der Waals surface area contributed by atoms with E-state index in [4.69, 9.17) is 5.73 Å². The number of pyridine rings is 2. The Kier molecular flexibility index (Phi) is 2.52. The van der Waals surface area contributed by atoms with Crippen molar-refractivity contribution in [2.24, 2.45) is 5.73 Å². The highest BCUT2D eigenvalue weighted by molar-refractivity contribution is 5.98. The van der Waals surface area contributed by atoms with Crippen LogP contribution in [0.25, 0.3) is 16.9 Å². The first kappa shape index (κ1) is 11.4. The van der Waals surface area contributed by atoms with Crippen LogP contribution in [0, 0.1) is 6.92 Å². The number of aryl methyl sites for hydroxylation is 1. The monoisotopic (exact) mass is 252 g/mol. The standard InChI is InChI=1S/C14H12N4O/c1-9-5-6-10(8-16-9)12-13(14(15)19)18-7-3-2-4-11(18)17-12/h2-8H,1H3,(H2,15,19). The SMILES string of the molecule is Cc1ccc(-c2nc3ccccn3c2C(N)=O)cn1. The van der Waals surface area contributed by atoms with Gasteiger partial charge in [-0.3, -0.25) is 14.2 Å². The van der Waals surface area contributed by atoms with Crippen LogP contribution in [0.2, 0.25) is 0 Å². The van der Waals surface area contributed by atoms with Gasteiger partial charge in [0.1, 0.15) is 17.0 Å². The van der Waals surface area contributed by atoms with Gasteiger partial charge in [0.15, 0.2) is 0 Å². The number of nitrogens with zero attached hydrogens (tertiary/aromatic N) is 3. The molecular formula is C14H12N4O. The van der Waals surface area contributed by atoms with Crippen LogP contribution in [0.3, 0.4) is 0 Å². The van der Waals surface area contributed by atoms with Crippen LogP contribution >= 0.6 is 0 Å². The van der Waals surface area contributed by atoms with E-state index in [9.17, 15) is 4.79 Å². The number of hydrogen-bond donors (Lipinski definition) is 1. The van der Waals surface area contributed by atoms with Crippen molar-refractivity contribution in [2.75, 3.05) is 0 Å². The Morgan fingerprint density at radius 1 is 1.26 bits per heavy atom. The molecule has 0 aliphatic rings. The predicted octanol–water partition coefficient (Wildman–Crippen LogP) is 1.80. The van der Waals surface area contributed by atoms with Crippen LogP contribution in [-0.4, -0.2) is 20.3 Å². The fourth-order valence-corrected chi connectivity index (χ4v) is 2.04. The van der Waals surface area contributed by atoms with Crippen molar-refractivity contribution < 1.29 is 4.79 Å².